The quantitative estimate of drug-likeness (QED) is 0.661. The summed E-state index contributed by atoms with van der Waals surface area (Å²) in [6.45, 7) is 10.6. The first-order valence-electron chi connectivity index (χ1n) is 12.1. The minimum atomic E-state index is 0. The standard InChI is InChI=1S/C23H40N4O.2ClH/c28-22(27-7-3-24-4-8-27)1-5-25-9-11-26(12-10-25)6-2-23-16-19-13-20(17-23)15-21(14-19)18-23;;/h19-21,24H,1-18H2;2*1H. The minimum Gasteiger partial charge on any atom is -0.340 e. The van der Waals surface area contributed by atoms with Crippen LogP contribution in [-0.4, -0.2) is 86.1 Å². The molecule has 6 aliphatic rings. The monoisotopic (exact) mass is 460 g/mol. The molecule has 6 fully saturated rings. The van der Waals surface area contributed by atoms with E-state index in [1.807, 2.05) is 4.90 Å². The highest BCUT2D eigenvalue weighted by Crippen LogP contribution is 2.61. The molecule has 7 heteroatoms. The number of carbonyl (C=O) groups is 1. The third-order valence-corrected chi connectivity index (χ3v) is 8.70. The Morgan fingerprint density at radius 1 is 0.767 bits per heavy atom. The number of hydrogen-bond acceptors (Lipinski definition) is 4. The highest BCUT2D eigenvalue weighted by atomic mass is 35.5. The van der Waals surface area contributed by atoms with Crippen LogP contribution in [-0.2, 0) is 4.79 Å². The van der Waals surface area contributed by atoms with Gasteiger partial charge in [-0.15, -0.1) is 24.8 Å². The van der Waals surface area contributed by atoms with Crippen LogP contribution in [0.3, 0.4) is 0 Å². The van der Waals surface area contributed by atoms with Gasteiger partial charge in [0.1, 0.15) is 0 Å². The molecule has 174 valence electrons. The average Bonchev–Trinajstić information content (AvgIpc) is 2.71. The van der Waals surface area contributed by atoms with Crippen LogP contribution < -0.4 is 5.32 Å². The van der Waals surface area contributed by atoms with Crippen molar-refractivity contribution in [3.63, 3.8) is 0 Å². The predicted octanol–water partition coefficient (Wildman–Crippen LogP) is 2.88. The van der Waals surface area contributed by atoms with Crippen molar-refractivity contribution in [3.05, 3.63) is 0 Å². The summed E-state index contributed by atoms with van der Waals surface area (Å²) < 4.78 is 0. The van der Waals surface area contributed by atoms with Crippen molar-refractivity contribution in [2.24, 2.45) is 23.2 Å². The van der Waals surface area contributed by atoms with Crippen molar-refractivity contribution >= 4 is 30.7 Å². The van der Waals surface area contributed by atoms with E-state index in [4.69, 9.17) is 0 Å². The van der Waals surface area contributed by atoms with E-state index in [2.05, 4.69) is 15.1 Å². The number of carbonyl (C=O) groups excluding carboxylic acids is 1. The average molecular weight is 462 g/mol. The summed E-state index contributed by atoms with van der Waals surface area (Å²) in [5.74, 6) is 3.59. The smallest absolute Gasteiger partial charge is 0.223 e. The van der Waals surface area contributed by atoms with E-state index in [1.165, 1.54) is 26.1 Å². The van der Waals surface area contributed by atoms with E-state index in [9.17, 15) is 4.79 Å². The molecule has 2 heterocycles. The Hall–Kier alpha value is -0.0700. The molecule has 0 radical (unpaired) electrons. The van der Waals surface area contributed by atoms with Crippen molar-refractivity contribution < 1.29 is 4.79 Å². The lowest BCUT2D eigenvalue weighted by Crippen LogP contribution is -2.51. The van der Waals surface area contributed by atoms with Gasteiger partial charge in [-0.25, -0.2) is 0 Å². The van der Waals surface area contributed by atoms with Crippen LogP contribution in [0.4, 0.5) is 0 Å². The molecule has 4 bridgehead atoms. The van der Waals surface area contributed by atoms with Gasteiger partial charge >= 0.3 is 0 Å². The first kappa shape index (κ1) is 24.6. The van der Waals surface area contributed by atoms with E-state index < -0.39 is 0 Å². The van der Waals surface area contributed by atoms with Gasteiger partial charge in [0.05, 0.1) is 0 Å². The van der Waals surface area contributed by atoms with Crippen molar-refractivity contribution in [2.45, 2.75) is 51.4 Å². The van der Waals surface area contributed by atoms with Crippen molar-refractivity contribution in [3.8, 4) is 0 Å². The van der Waals surface area contributed by atoms with Crippen LogP contribution >= 0.6 is 24.8 Å². The Labute approximate surface area is 195 Å². The summed E-state index contributed by atoms with van der Waals surface area (Å²) in [4.78, 5) is 19.6. The lowest BCUT2D eigenvalue weighted by atomic mass is 9.49. The molecule has 4 saturated carbocycles. The van der Waals surface area contributed by atoms with Gasteiger partial charge in [0.2, 0.25) is 5.91 Å². The van der Waals surface area contributed by atoms with Gasteiger partial charge in [-0.05, 0) is 74.7 Å². The van der Waals surface area contributed by atoms with Crippen LogP contribution in [0.25, 0.3) is 0 Å². The molecule has 0 spiro atoms. The van der Waals surface area contributed by atoms with Gasteiger partial charge in [-0.3, -0.25) is 4.79 Å². The number of nitrogens with one attached hydrogen (secondary N) is 1. The molecule has 0 aromatic heterocycles. The molecule has 0 unspecified atom stereocenters. The molecular formula is C23H42Cl2N4O. The Morgan fingerprint density at radius 3 is 1.80 bits per heavy atom. The fraction of sp³-hybridized carbons (Fsp3) is 0.957. The number of nitrogens with zero attached hydrogens (tertiary/aromatic N) is 3. The zero-order valence-electron chi connectivity index (χ0n) is 18.5. The summed E-state index contributed by atoms with van der Waals surface area (Å²) in [6, 6.07) is 0. The zero-order valence-corrected chi connectivity index (χ0v) is 20.2. The van der Waals surface area contributed by atoms with Gasteiger partial charge in [0.25, 0.3) is 0 Å². The summed E-state index contributed by atoms with van der Waals surface area (Å²) in [5.41, 5.74) is 0.724. The second kappa shape index (κ2) is 10.7. The van der Waals surface area contributed by atoms with Gasteiger partial charge in [0, 0.05) is 65.3 Å². The van der Waals surface area contributed by atoms with E-state index >= 15 is 0 Å². The van der Waals surface area contributed by atoms with Crippen molar-refractivity contribution in [1.29, 1.82) is 0 Å². The normalized spacial score (nSPS) is 36.3. The molecule has 1 amide bonds. The molecule has 1 N–H and O–H groups in total. The first-order valence-corrected chi connectivity index (χ1v) is 12.1. The molecule has 0 aromatic carbocycles. The summed E-state index contributed by atoms with van der Waals surface area (Å²) in [6.07, 6.45) is 11.5. The number of piperazine rings is 2. The maximum absolute atomic E-state index is 12.4. The molecular weight excluding hydrogens is 419 g/mol. The zero-order chi connectivity index (χ0) is 19.0. The lowest BCUT2D eigenvalue weighted by molar-refractivity contribution is -0.132. The van der Waals surface area contributed by atoms with Crippen LogP contribution in [0.2, 0.25) is 0 Å². The lowest BCUT2D eigenvalue weighted by Gasteiger charge is -2.57. The third kappa shape index (κ3) is 5.64. The Kier molecular flexibility index (Phi) is 8.76. The van der Waals surface area contributed by atoms with Crippen LogP contribution in [0.5, 0.6) is 0 Å². The Bertz CT molecular complexity index is 526. The molecule has 6 rings (SSSR count). The topological polar surface area (TPSA) is 38.8 Å². The Balaban J connectivity index is 0.00000128. The Morgan fingerprint density at radius 2 is 1.27 bits per heavy atom. The highest BCUT2D eigenvalue weighted by molar-refractivity contribution is 5.85. The molecule has 5 nitrogen and oxygen atoms in total. The molecule has 30 heavy (non-hydrogen) atoms. The third-order valence-electron chi connectivity index (χ3n) is 8.70. The largest absolute Gasteiger partial charge is 0.340 e. The van der Waals surface area contributed by atoms with E-state index in [-0.39, 0.29) is 24.8 Å². The van der Waals surface area contributed by atoms with E-state index in [1.54, 1.807) is 38.5 Å². The van der Waals surface area contributed by atoms with Gasteiger partial charge < -0.3 is 20.0 Å². The maximum Gasteiger partial charge on any atom is 0.223 e. The molecule has 0 aromatic rings. The fourth-order valence-electron chi connectivity index (χ4n) is 7.55. The fourth-order valence-corrected chi connectivity index (χ4v) is 7.55. The molecule has 4 aliphatic carbocycles. The number of amides is 1. The minimum absolute atomic E-state index is 0. The van der Waals surface area contributed by atoms with Gasteiger partial charge in [0.15, 0.2) is 0 Å². The van der Waals surface area contributed by atoms with E-state index in [0.29, 0.717) is 12.3 Å². The molecule has 2 saturated heterocycles. The van der Waals surface area contributed by atoms with Crippen LogP contribution in [0, 0.1) is 23.2 Å². The first-order chi connectivity index (χ1) is 13.7. The highest BCUT2D eigenvalue weighted by Gasteiger charge is 2.50. The second-order valence-electron chi connectivity index (χ2n) is 10.7. The maximum atomic E-state index is 12.4. The number of halogens is 2. The summed E-state index contributed by atoms with van der Waals surface area (Å²) in [7, 11) is 0. The second-order valence-corrected chi connectivity index (χ2v) is 10.7. The van der Waals surface area contributed by atoms with Crippen molar-refractivity contribution in [1.82, 2.24) is 20.0 Å². The van der Waals surface area contributed by atoms with Gasteiger partial charge in [-0.1, -0.05) is 0 Å². The van der Waals surface area contributed by atoms with Crippen LogP contribution in [0.1, 0.15) is 51.4 Å². The van der Waals surface area contributed by atoms with Crippen molar-refractivity contribution in [2.75, 3.05) is 65.4 Å². The van der Waals surface area contributed by atoms with Crippen LogP contribution in [0.15, 0.2) is 0 Å². The van der Waals surface area contributed by atoms with E-state index in [0.717, 1.165) is 69.0 Å². The molecule has 2 aliphatic heterocycles. The van der Waals surface area contributed by atoms with Gasteiger partial charge in [-0.2, -0.15) is 0 Å². The SMILES string of the molecule is Cl.Cl.O=C(CCN1CCN(CCC23CC4CC(CC(C4)C2)C3)CC1)N1CCNCC1. The summed E-state index contributed by atoms with van der Waals surface area (Å²) in [5, 5.41) is 3.32. The number of hydrogen-bond donors (Lipinski definition) is 1. The number of rotatable bonds is 6. The predicted molar refractivity (Wildman–Crippen MR) is 127 cm³/mol. The molecule has 0 atom stereocenters. The summed E-state index contributed by atoms with van der Waals surface area (Å²) >= 11 is 0.